The van der Waals surface area contributed by atoms with E-state index < -0.39 is 5.60 Å². The van der Waals surface area contributed by atoms with E-state index in [0.29, 0.717) is 6.42 Å². The lowest BCUT2D eigenvalue weighted by molar-refractivity contribution is -0.0274. The van der Waals surface area contributed by atoms with Crippen LogP contribution in [0.3, 0.4) is 0 Å². The molecule has 3 aromatic rings. The summed E-state index contributed by atoms with van der Waals surface area (Å²) in [4.78, 5) is 2.33. The maximum atomic E-state index is 11.8. The van der Waals surface area contributed by atoms with Crippen LogP contribution >= 0.6 is 0 Å². The molecule has 0 heterocycles. The Balaban J connectivity index is 1.72. The molecule has 0 unspecified atom stereocenters. The van der Waals surface area contributed by atoms with Gasteiger partial charge in [-0.25, -0.2) is 0 Å². The molecule has 0 saturated carbocycles. The molecule has 0 fully saturated rings. The second kappa shape index (κ2) is 9.68. The van der Waals surface area contributed by atoms with Crippen LogP contribution in [0.5, 0.6) is 0 Å². The minimum atomic E-state index is -0.899. The summed E-state index contributed by atoms with van der Waals surface area (Å²) in [5, 5.41) is 11.8. The zero-order valence-electron chi connectivity index (χ0n) is 17.0. The fourth-order valence-corrected chi connectivity index (χ4v) is 3.87. The van der Waals surface area contributed by atoms with Gasteiger partial charge in [-0.15, -0.1) is 0 Å². The molecule has 3 rings (SSSR count). The topological polar surface area (TPSA) is 23.5 Å². The first-order valence-corrected chi connectivity index (χ1v) is 10.1. The van der Waals surface area contributed by atoms with Crippen LogP contribution in [0.15, 0.2) is 91.0 Å². The van der Waals surface area contributed by atoms with Crippen molar-refractivity contribution in [2.45, 2.75) is 25.4 Å². The van der Waals surface area contributed by atoms with Gasteiger partial charge in [0, 0.05) is 25.4 Å². The van der Waals surface area contributed by atoms with E-state index in [1.54, 1.807) is 0 Å². The number of benzene rings is 3. The maximum Gasteiger partial charge on any atom is 0.0974 e. The fourth-order valence-electron chi connectivity index (χ4n) is 3.87. The van der Waals surface area contributed by atoms with Crippen molar-refractivity contribution in [1.82, 2.24) is 4.90 Å². The van der Waals surface area contributed by atoms with Gasteiger partial charge in [-0.2, -0.15) is 0 Å². The molecule has 2 nitrogen and oxygen atoms in total. The second-order valence-corrected chi connectivity index (χ2v) is 7.85. The average Bonchev–Trinajstić information content (AvgIpc) is 2.74. The van der Waals surface area contributed by atoms with E-state index in [1.807, 2.05) is 48.5 Å². The predicted octanol–water partition coefficient (Wildman–Crippen LogP) is 4.93. The molecule has 0 aliphatic carbocycles. The zero-order chi connectivity index (χ0) is 19.8. The van der Waals surface area contributed by atoms with Gasteiger partial charge in [0.1, 0.15) is 0 Å². The van der Waals surface area contributed by atoms with Crippen molar-refractivity contribution < 1.29 is 5.11 Å². The number of hydrogen-bond acceptors (Lipinski definition) is 2. The van der Waals surface area contributed by atoms with Crippen LogP contribution in [-0.4, -0.2) is 30.1 Å². The maximum absolute atomic E-state index is 11.8. The zero-order valence-corrected chi connectivity index (χ0v) is 17.0. The van der Waals surface area contributed by atoms with Gasteiger partial charge in [-0.1, -0.05) is 97.9 Å². The number of rotatable bonds is 9. The smallest absolute Gasteiger partial charge is 0.0974 e. The van der Waals surface area contributed by atoms with Crippen LogP contribution in [0.1, 0.15) is 23.6 Å². The van der Waals surface area contributed by atoms with Crippen LogP contribution in [0.2, 0.25) is 0 Å². The normalized spacial score (nSPS) is 14.6. The molecule has 0 amide bonds. The van der Waals surface area contributed by atoms with Gasteiger partial charge in [0.05, 0.1) is 5.60 Å². The highest BCUT2D eigenvalue weighted by atomic mass is 16.3. The highest BCUT2D eigenvalue weighted by Crippen LogP contribution is 2.34. The Morgan fingerprint density at radius 3 is 1.86 bits per heavy atom. The summed E-state index contributed by atoms with van der Waals surface area (Å²) in [6.45, 7) is 3.98. The van der Waals surface area contributed by atoms with E-state index in [1.165, 1.54) is 5.56 Å². The molecule has 0 saturated heterocycles. The summed E-state index contributed by atoms with van der Waals surface area (Å²) in [6.07, 6.45) is 1.64. The molecule has 2 atom stereocenters. The molecule has 146 valence electrons. The van der Waals surface area contributed by atoms with Crippen LogP contribution in [0, 0.1) is 5.92 Å². The van der Waals surface area contributed by atoms with Crippen LogP contribution < -0.4 is 0 Å². The van der Waals surface area contributed by atoms with Crippen molar-refractivity contribution in [3.8, 4) is 0 Å². The Kier molecular flexibility index (Phi) is 7.02. The highest BCUT2D eigenvalue weighted by Gasteiger charge is 2.36. The Bertz CT molecular complexity index is 819. The van der Waals surface area contributed by atoms with Gasteiger partial charge in [0.25, 0.3) is 0 Å². The molecule has 2 heteroatoms. The highest BCUT2D eigenvalue weighted by molar-refractivity contribution is 5.28. The molecular formula is C26H31NO. The number of aliphatic hydroxyl groups is 1. The summed E-state index contributed by atoms with van der Waals surface area (Å²) in [6, 6.07) is 31.0. The molecule has 0 aliphatic rings. The molecular weight excluding hydrogens is 342 g/mol. The number of likely N-dealkylation sites (N-methyl/N-ethyl adjacent to an activating group) is 1. The summed E-state index contributed by atoms with van der Waals surface area (Å²) in [7, 11) is 2.15. The van der Waals surface area contributed by atoms with Gasteiger partial charge >= 0.3 is 0 Å². The summed E-state index contributed by atoms with van der Waals surface area (Å²) in [5.41, 5.74) is 2.60. The standard InChI is InChI=1S/C26H31NO/c1-22(21-27(2)19-18-23-12-6-3-7-13-23)26(28,25-16-10-5-11-17-25)20-24-14-8-4-9-15-24/h3-17,22,28H,18-21H2,1-2H3/t22-,26-/m1/s1. The SMILES string of the molecule is C[C@H](CN(C)CCc1ccccc1)[C@](O)(Cc1ccccc1)c1ccccc1. The molecule has 0 aliphatic heterocycles. The van der Waals surface area contributed by atoms with E-state index in [4.69, 9.17) is 0 Å². The Morgan fingerprint density at radius 2 is 1.29 bits per heavy atom. The largest absolute Gasteiger partial charge is 0.384 e. The Labute approximate surface area is 169 Å². The fraction of sp³-hybridized carbons (Fsp3) is 0.308. The van der Waals surface area contributed by atoms with Crippen LogP contribution in [0.25, 0.3) is 0 Å². The molecule has 28 heavy (non-hydrogen) atoms. The number of hydrogen-bond donors (Lipinski definition) is 1. The summed E-state index contributed by atoms with van der Waals surface area (Å²) < 4.78 is 0. The van der Waals surface area contributed by atoms with E-state index in [9.17, 15) is 5.11 Å². The lowest BCUT2D eigenvalue weighted by atomic mass is 9.77. The van der Waals surface area contributed by atoms with Crippen molar-refractivity contribution in [2.75, 3.05) is 20.1 Å². The monoisotopic (exact) mass is 373 g/mol. The molecule has 1 N–H and O–H groups in total. The second-order valence-electron chi connectivity index (χ2n) is 7.85. The van der Waals surface area contributed by atoms with Gasteiger partial charge in [-0.05, 0) is 30.2 Å². The number of nitrogens with zero attached hydrogens (tertiary/aromatic N) is 1. The first-order valence-electron chi connectivity index (χ1n) is 10.1. The minimum absolute atomic E-state index is 0.0934. The van der Waals surface area contributed by atoms with Crippen molar-refractivity contribution in [1.29, 1.82) is 0 Å². The lowest BCUT2D eigenvalue weighted by Gasteiger charge is -2.37. The van der Waals surface area contributed by atoms with E-state index in [-0.39, 0.29) is 5.92 Å². The lowest BCUT2D eigenvalue weighted by Crippen LogP contribution is -2.42. The third kappa shape index (κ3) is 5.31. The average molecular weight is 374 g/mol. The summed E-state index contributed by atoms with van der Waals surface area (Å²) >= 11 is 0. The Hall–Kier alpha value is -2.42. The van der Waals surface area contributed by atoms with Gasteiger partial charge in [0.15, 0.2) is 0 Å². The van der Waals surface area contributed by atoms with Crippen molar-refractivity contribution >= 4 is 0 Å². The van der Waals surface area contributed by atoms with Gasteiger partial charge in [-0.3, -0.25) is 0 Å². The van der Waals surface area contributed by atoms with E-state index in [0.717, 1.165) is 30.6 Å². The third-order valence-electron chi connectivity index (χ3n) is 5.62. The van der Waals surface area contributed by atoms with Gasteiger partial charge < -0.3 is 10.0 Å². The summed E-state index contributed by atoms with van der Waals surface area (Å²) in [5.74, 6) is 0.0934. The van der Waals surface area contributed by atoms with Crippen LogP contribution in [0.4, 0.5) is 0 Å². The quantitative estimate of drug-likeness (QED) is 0.575. The third-order valence-corrected chi connectivity index (χ3v) is 5.62. The van der Waals surface area contributed by atoms with E-state index in [2.05, 4.69) is 61.3 Å². The first kappa shape index (κ1) is 20.3. The molecule has 0 aromatic heterocycles. The van der Waals surface area contributed by atoms with Crippen LogP contribution in [-0.2, 0) is 18.4 Å². The Morgan fingerprint density at radius 1 is 0.786 bits per heavy atom. The predicted molar refractivity (Wildman–Crippen MR) is 117 cm³/mol. The minimum Gasteiger partial charge on any atom is -0.384 e. The molecule has 0 bridgehead atoms. The molecule has 0 radical (unpaired) electrons. The molecule has 0 spiro atoms. The molecule has 3 aromatic carbocycles. The van der Waals surface area contributed by atoms with Crippen molar-refractivity contribution in [3.05, 3.63) is 108 Å². The van der Waals surface area contributed by atoms with E-state index >= 15 is 0 Å². The van der Waals surface area contributed by atoms with Crippen molar-refractivity contribution in [2.24, 2.45) is 5.92 Å². The van der Waals surface area contributed by atoms with Gasteiger partial charge in [0.2, 0.25) is 0 Å². The van der Waals surface area contributed by atoms with Crippen molar-refractivity contribution in [3.63, 3.8) is 0 Å². The first-order chi connectivity index (χ1) is 13.6.